The van der Waals surface area contributed by atoms with Crippen molar-refractivity contribution in [1.82, 2.24) is 15.0 Å². The zero-order valence-corrected chi connectivity index (χ0v) is 15.1. The van der Waals surface area contributed by atoms with Crippen LogP contribution in [0.2, 0.25) is 0 Å². The van der Waals surface area contributed by atoms with Gasteiger partial charge in [0.2, 0.25) is 10.0 Å². The molecule has 122 valence electrons. The van der Waals surface area contributed by atoms with E-state index < -0.39 is 10.0 Å². The number of hydrogen-bond donors (Lipinski definition) is 2. The van der Waals surface area contributed by atoms with Crippen molar-refractivity contribution in [2.45, 2.75) is 37.5 Å². The molecule has 0 saturated heterocycles. The molecule has 0 saturated carbocycles. The van der Waals surface area contributed by atoms with Crippen LogP contribution in [0.1, 0.15) is 32.2 Å². The zero-order chi connectivity index (χ0) is 16.4. The van der Waals surface area contributed by atoms with Gasteiger partial charge in [0.1, 0.15) is 0 Å². The minimum absolute atomic E-state index is 0.0336. The second-order valence-electron chi connectivity index (χ2n) is 6.25. The molecule has 5 nitrogen and oxygen atoms in total. The standard InChI is InChI=1S/C15H23N3O2S2/c1-15(2,3)14-18-12-7-6-11(10-13(12)21-14)22(19,20)17-9-5-8-16-4/h6-7,10,16-17H,5,8-9H2,1-4H3. The van der Waals surface area contributed by atoms with E-state index in [-0.39, 0.29) is 5.41 Å². The molecule has 0 aliphatic heterocycles. The summed E-state index contributed by atoms with van der Waals surface area (Å²) in [7, 11) is -1.61. The van der Waals surface area contributed by atoms with Crippen LogP contribution in [0.15, 0.2) is 23.1 Å². The summed E-state index contributed by atoms with van der Waals surface area (Å²) < 4.78 is 28.1. The molecule has 0 aliphatic carbocycles. The normalized spacial score (nSPS) is 12.9. The maximum Gasteiger partial charge on any atom is 0.240 e. The van der Waals surface area contributed by atoms with Gasteiger partial charge in [-0.25, -0.2) is 18.1 Å². The van der Waals surface area contributed by atoms with Gasteiger partial charge in [-0.3, -0.25) is 0 Å². The number of thiazole rings is 1. The van der Waals surface area contributed by atoms with Gasteiger partial charge in [-0.05, 0) is 38.2 Å². The summed E-state index contributed by atoms with van der Waals surface area (Å²) in [5, 5.41) is 4.01. The number of nitrogens with zero attached hydrogens (tertiary/aromatic N) is 1. The molecule has 0 aliphatic rings. The van der Waals surface area contributed by atoms with Gasteiger partial charge in [-0.15, -0.1) is 11.3 Å². The van der Waals surface area contributed by atoms with Crippen molar-refractivity contribution in [3.63, 3.8) is 0 Å². The lowest BCUT2D eigenvalue weighted by Gasteiger charge is -2.13. The summed E-state index contributed by atoms with van der Waals surface area (Å²) in [6.07, 6.45) is 0.757. The number of hydrogen-bond acceptors (Lipinski definition) is 5. The van der Waals surface area contributed by atoms with Crippen LogP contribution in [0.3, 0.4) is 0 Å². The van der Waals surface area contributed by atoms with E-state index in [4.69, 9.17) is 0 Å². The fourth-order valence-corrected chi connectivity index (χ4v) is 4.19. The van der Waals surface area contributed by atoms with Crippen LogP contribution in [0.4, 0.5) is 0 Å². The summed E-state index contributed by atoms with van der Waals surface area (Å²) in [5.74, 6) is 0. The van der Waals surface area contributed by atoms with Gasteiger partial charge in [0.15, 0.2) is 0 Å². The van der Waals surface area contributed by atoms with Crippen LogP contribution in [0.5, 0.6) is 0 Å². The lowest BCUT2D eigenvalue weighted by atomic mass is 9.98. The number of aromatic nitrogens is 1. The van der Waals surface area contributed by atoms with Gasteiger partial charge in [-0.2, -0.15) is 0 Å². The van der Waals surface area contributed by atoms with E-state index in [1.807, 2.05) is 7.05 Å². The average molecular weight is 342 g/mol. The van der Waals surface area contributed by atoms with E-state index in [9.17, 15) is 8.42 Å². The first-order valence-electron chi connectivity index (χ1n) is 7.29. The van der Waals surface area contributed by atoms with E-state index in [1.165, 1.54) is 0 Å². The molecule has 0 bridgehead atoms. The predicted octanol–water partition coefficient (Wildman–Crippen LogP) is 2.48. The molecule has 1 aromatic carbocycles. The Bertz CT molecular complexity index is 746. The molecular weight excluding hydrogens is 318 g/mol. The Hall–Kier alpha value is -1.02. The van der Waals surface area contributed by atoms with Crippen LogP contribution >= 0.6 is 11.3 Å². The van der Waals surface area contributed by atoms with Gasteiger partial charge < -0.3 is 5.32 Å². The Balaban J connectivity index is 2.25. The molecule has 0 spiro atoms. The van der Waals surface area contributed by atoms with Crippen LogP contribution in [0.25, 0.3) is 10.2 Å². The van der Waals surface area contributed by atoms with Crippen LogP contribution in [-0.2, 0) is 15.4 Å². The summed E-state index contributed by atoms with van der Waals surface area (Å²) in [4.78, 5) is 4.89. The van der Waals surface area contributed by atoms with Crippen LogP contribution < -0.4 is 10.0 Å². The molecule has 2 aromatic rings. The highest BCUT2D eigenvalue weighted by atomic mass is 32.2. The van der Waals surface area contributed by atoms with Gasteiger partial charge in [-0.1, -0.05) is 20.8 Å². The minimum Gasteiger partial charge on any atom is -0.320 e. The Morgan fingerprint density at radius 1 is 1.23 bits per heavy atom. The van der Waals surface area contributed by atoms with Crippen molar-refractivity contribution in [2.75, 3.05) is 20.1 Å². The Labute approximate surface area is 136 Å². The second kappa shape index (κ2) is 6.62. The van der Waals surface area contributed by atoms with Gasteiger partial charge >= 0.3 is 0 Å². The fraction of sp³-hybridized carbons (Fsp3) is 0.533. The summed E-state index contributed by atoms with van der Waals surface area (Å²) in [6.45, 7) is 7.52. The van der Waals surface area contributed by atoms with Crippen molar-refractivity contribution in [1.29, 1.82) is 0 Å². The van der Waals surface area contributed by atoms with Gasteiger partial charge in [0, 0.05) is 12.0 Å². The molecule has 2 rings (SSSR count). The average Bonchev–Trinajstić information content (AvgIpc) is 2.86. The molecular formula is C15H23N3O2S2. The van der Waals surface area contributed by atoms with Crippen molar-refractivity contribution < 1.29 is 8.42 Å². The first-order chi connectivity index (χ1) is 10.2. The van der Waals surface area contributed by atoms with E-state index >= 15 is 0 Å². The highest BCUT2D eigenvalue weighted by Gasteiger charge is 2.20. The van der Waals surface area contributed by atoms with Crippen molar-refractivity contribution in [3.8, 4) is 0 Å². The molecule has 1 aromatic heterocycles. The number of fused-ring (bicyclic) bond motifs is 1. The molecule has 0 amide bonds. The third-order valence-corrected chi connectivity index (χ3v) is 6.11. The lowest BCUT2D eigenvalue weighted by Crippen LogP contribution is -2.26. The maximum absolute atomic E-state index is 12.3. The Morgan fingerprint density at radius 3 is 2.59 bits per heavy atom. The van der Waals surface area contributed by atoms with Crippen LogP contribution in [0, 0.1) is 0 Å². The Morgan fingerprint density at radius 2 is 1.95 bits per heavy atom. The van der Waals surface area contributed by atoms with E-state index in [0.29, 0.717) is 11.4 Å². The molecule has 2 N–H and O–H groups in total. The number of benzene rings is 1. The SMILES string of the molecule is CNCCCNS(=O)(=O)c1ccc2nc(C(C)(C)C)sc2c1. The van der Waals surface area contributed by atoms with E-state index in [0.717, 1.165) is 28.2 Å². The van der Waals surface area contributed by atoms with Gasteiger partial charge in [0.25, 0.3) is 0 Å². The van der Waals surface area contributed by atoms with Crippen molar-refractivity contribution in [3.05, 3.63) is 23.2 Å². The van der Waals surface area contributed by atoms with Crippen LogP contribution in [-0.4, -0.2) is 33.5 Å². The molecule has 1 heterocycles. The third kappa shape index (κ3) is 4.04. The maximum atomic E-state index is 12.3. The third-order valence-electron chi connectivity index (χ3n) is 3.21. The first-order valence-corrected chi connectivity index (χ1v) is 9.59. The quantitative estimate of drug-likeness (QED) is 0.792. The molecule has 0 atom stereocenters. The lowest BCUT2D eigenvalue weighted by molar-refractivity contribution is 0.577. The zero-order valence-electron chi connectivity index (χ0n) is 13.4. The molecule has 0 fully saturated rings. The summed E-state index contributed by atoms with van der Waals surface area (Å²) in [6, 6.07) is 5.11. The smallest absolute Gasteiger partial charge is 0.240 e. The van der Waals surface area contributed by atoms with Crippen molar-refractivity contribution >= 4 is 31.6 Å². The minimum atomic E-state index is -3.46. The van der Waals surface area contributed by atoms with E-state index in [2.05, 4.69) is 35.8 Å². The molecule has 0 unspecified atom stereocenters. The monoisotopic (exact) mass is 341 g/mol. The van der Waals surface area contributed by atoms with Gasteiger partial charge in [0.05, 0.1) is 20.1 Å². The number of sulfonamides is 1. The van der Waals surface area contributed by atoms with E-state index in [1.54, 1.807) is 29.5 Å². The highest BCUT2D eigenvalue weighted by molar-refractivity contribution is 7.89. The fourth-order valence-electron chi connectivity index (χ4n) is 1.95. The largest absolute Gasteiger partial charge is 0.320 e. The molecule has 7 heteroatoms. The number of rotatable bonds is 6. The Kier molecular flexibility index (Phi) is 5.21. The molecule has 22 heavy (non-hydrogen) atoms. The summed E-state index contributed by atoms with van der Waals surface area (Å²) >= 11 is 1.55. The highest BCUT2D eigenvalue weighted by Crippen LogP contribution is 2.32. The predicted molar refractivity (Wildman–Crippen MR) is 92.1 cm³/mol. The number of nitrogens with one attached hydrogen (secondary N) is 2. The molecule has 0 radical (unpaired) electrons. The first kappa shape index (κ1) is 17.3. The summed E-state index contributed by atoms with van der Waals surface area (Å²) in [5.41, 5.74) is 0.817. The second-order valence-corrected chi connectivity index (χ2v) is 9.05. The topological polar surface area (TPSA) is 71.1 Å². The van der Waals surface area contributed by atoms with Crippen molar-refractivity contribution in [2.24, 2.45) is 0 Å².